The fourth-order valence-electron chi connectivity index (χ4n) is 4.48. The number of rotatable bonds is 4. The molecule has 1 aliphatic heterocycles. The van der Waals surface area contributed by atoms with Crippen LogP contribution in [-0.4, -0.2) is 27.8 Å². The van der Waals surface area contributed by atoms with Crippen LogP contribution in [0.1, 0.15) is 32.3 Å². The summed E-state index contributed by atoms with van der Waals surface area (Å²) in [5.74, 6) is 0.811. The summed E-state index contributed by atoms with van der Waals surface area (Å²) in [6, 6.07) is 11.0. The average molecular weight is 447 g/mol. The molecule has 4 aromatic rings. The van der Waals surface area contributed by atoms with E-state index in [1.807, 2.05) is 35.9 Å². The average Bonchev–Trinajstić information content (AvgIpc) is 3.32. The molecule has 1 saturated heterocycles. The van der Waals surface area contributed by atoms with Crippen LogP contribution in [-0.2, 0) is 13.5 Å². The van der Waals surface area contributed by atoms with E-state index in [0.29, 0.717) is 28.3 Å². The molecule has 1 fully saturated rings. The van der Waals surface area contributed by atoms with Gasteiger partial charge in [0.05, 0.1) is 11.2 Å². The van der Waals surface area contributed by atoms with Crippen LogP contribution in [0.25, 0.3) is 33.7 Å². The van der Waals surface area contributed by atoms with Gasteiger partial charge in [0.25, 0.3) is 5.89 Å². The predicted molar refractivity (Wildman–Crippen MR) is 128 cm³/mol. The molecule has 2 aromatic carbocycles. The molecule has 0 aliphatic carbocycles. The highest BCUT2D eigenvalue weighted by molar-refractivity contribution is 5.86. The van der Waals surface area contributed by atoms with Crippen molar-refractivity contribution >= 4 is 16.6 Å². The molecule has 0 saturated carbocycles. The summed E-state index contributed by atoms with van der Waals surface area (Å²) in [7, 11) is 1.84. The number of anilines is 1. The fraction of sp³-hybridized carbons (Fsp3) is 0.346. The first-order valence-corrected chi connectivity index (χ1v) is 11.5. The zero-order valence-electron chi connectivity index (χ0n) is 19.1. The molecule has 2 aromatic heterocycles. The highest BCUT2D eigenvalue weighted by Gasteiger charge is 2.22. The van der Waals surface area contributed by atoms with Crippen molar-refractivity contribution in [2.24, 2.45) is 13.0 Å². The molecule has 3 heterocycles. The lowest BCUT2D eigenvalue weighted by atomic mass is 9.98. The van der Waals surface area contributed by atoms with E-state index in [1.165, 1.54) is 11.6 Å². The van der Waals surface area contributed by atoms with Gasteiger partial charge in [-0.15, -0.1) is 0 Å². The van der Waals surface area contributed by atoms with Crippen LogP contribution in [0.4, 0.5) is 10.1 Å². The van der Waals surface area contributed by atoms with Gasteiger partial charge in [0, 0.05) is 37.3 Å². The largest absolute Gasteiger partial charge is 0.369 e. The summed E-state index contributed by atoms with van der Waals surface area (Å²) >= 11 is 0. The van der Waals surface area contributed by atoms with Gasteiger partial charge in [-0.3, -0.25) is 4.79 Å². The molecular formula is C26H27FN4O2. The number of benzene rings is 2. The van der Waals surface area contributed by atoms with Crippen molar-refractivity contribution in [2.45, 2.75) is 33.1 Å². The molecule has 0 atom stereocenters. The third kappa shape index (κ3) is 3.92. The molecule has 170 valence electrons. The predicted octanol–water partition coefficient (Wildman–Crippen LogP) is 5.19. The molecule has 0 amide bonds. The summed E-state index contributed by atoms with van der Waals surface area (Å²) in [4.78, 5) is 19.8. The molecule has 5 rings (SSSR count). The van der Waals surface area contributed by atoms with Crippen LogP contribution in [0.15, 0.2) is 51.9 Å². The maximum Gasteiger partial charge on any atom is 0.263 e. The number of nitrogens with zero attached hydrogens (tertiary/aromatic N) is 4. The monoisotopic (exact) mass is 446 g/mol. The van der Waals surface area contributed by atoms with Crippen LogP contribution in [0.3, 0.4) is 0 Å². The summed E-state index contributed by atoms with van der Waals surface area (Å²) in [5, 5.41) is 4.35. The van der Waals surface area contributed by atoms with Crippen LogP contribution >= 0.6 is 0 Å². The Bertz CT molecular complexity index is 1370. The first-order valence-electron chi connectivity index (χ1n) is 11.5. The lowest BCUT2D eigenvalue weighted by molar-refractivity contribution is 0.432. The second kappa shape index (κ2) is 8.46. The third-order valence-electron chi connectivity index (χ3n) is 6.66. The lowest BCUT2D eigenvalue weighted by Crippen LogP contribution is -2.33. The Morgan fingerprint density at radius 2 is 1.88 bits per heavy atom. The Balaban J connectivity index is 1.54. The molecule has 1 aliphatic rings. The molecule has 0 N–H and O–H groups in total. The summed E-state index contributed by atoms with van der Waals surface area (Å²) < 4.78 is 22.3. The summed E-state index contributed by atoms with van der Waals surface area (Å²) in [6.45, 7) is 5.96. The minimum Gasteiger partial charge on any atom is -0.369 e. The van der Waals surface area contributed by atoms with Crippen LogP contribution in [0.2, 0.25) is 0 Å². The van der Waals surface area contributed by atoms with Gasteiger partial charge < -0.3 is 14.0 Å². The molecular weight excluding hydrogens is 419 g/mol. The van der Waals surface area contributed by atoms with Gasteiger partial charge in [0.1, 0.15) is 11.4 Å². The van der Waals surface area contributed by atoms with Gasteiger partial charge in [0.2, 0.25) is 11.3 Å². The number of hydrogen-bond acceptors (Lipinski definition) is 5. The van der Waals surface area contributed by atoms with E-state index in [4.69, 9.17) is 4.52 Å². The van der Waals surface area contributed by atoms with E-state index in [-0.39, 0.29) is 22.7 Å². The lowest BCUT2D eigenvalue weighted by Gasteiger charge is -2.32. The Labute approximate surface area is 191 Å². The van der Waals surface area contributed by atoms with E-state index in [2.05, 4.69) is 28.9 Å². The van der Waals surface area contributed by atoms with Crippen molar-refractivity contribution in [3.05, 3.63) is 64.2 Å². The van der Waals surface area contributed by atoms with Gasteiger partial charge in [-0.2, -0.15) is 4.98 Å². The Kier molecular flexibility index (Phi) is 5.48. The van der Waals surface area contributed by atoms with Crippen molar-refractivity contribution in [2.75, 3.05) is 18.0 Å². The molecule has 0 bridgehead atoms. The number of hydrogen-bond donors (Lipinski definition) is 0. The fourth-order valence-corrected chi connectivity index (χ4v) is 4.48. The van der Waals surface area contributed by atoms with Crippen molar-refractivity contribution in [1.29, 1.82) is 0 Å². The van der Waals surface area contributed by atoms with Gasteiger partial charge in [-0.05, 0) is 42.9 Å². The highest BCUT2D eigenvalue weighted by Crippen LogP contribution is 2.30. The van der Waals surface area contributed by atoms with Crippen LogP contribution < -0.4 is 10.3 Å². The molecule has 7 heteroatoms. The number of aromatic nitrogens is 3. The maximum atomic E-state index is 15.1. The van der Waals surface area contributed by atoms with Crippen molar-refractivity contribution < 1.29 is 8.91 Å². The van der Waals surface area contributed by atoms with E-state index < -0.39 is 0 Å². The third-order valence-corrected chi connectivity index (χ3v) is 6.66. The zero-order valence-corrected chi connectivity index (χ0v) is 19.1. The molecule has 0 radical (unpaired) electrons. The van der Waals surface area contributed by atoms with Crippen LogP contribution in [0, 0.1) is 11.7 Å². The number of pyridine rings is 1. The van der Waals surface area contributed by atoms with E-state index in [9.17, 15) is 4.79 Å². The molecule has 0 spiro atoms. The second-order valence-corrected chi connectivity index (χ2v) is 8.95. The summed E-state index contributed by atoms with van der Waals surface area (Å²) in [6.07, 6.45) is 4.70. The van der Waals surface area contributed by atoms with Crippen molar-refractivity contribution in [3.8, 4) is 22.8 Å². The molecule has 6 nitrogen and oxygen atoms in total. The topological polar surface area (TPSA) is 64.2 Å². The normalized spacial score (nSPS) is 14.8. The van der Waals surface area contributed by atoms with Gasteiger partial charge in [-0.25, -0.2) is 4.39 Å². The molecule has 0 unspecified atom stereocenters. The van der Waals surface area contributed by atoms with E-state index >= 15 is 4.39 Å². The number of aryl methyl sites for hydroxylation is 2. The standard InChI is InChI=1S/C26H27FN4O2/c1-4-17-5-7-18(8-6-17)25-28-26(33-29-25)20-15-30(3)22-14-23(21(27)13-19(22)24(20)32)31-11-9-16(2)10-12-31/h5-8,13-16H,4,9-12H2,1-3H3. The number of fused-ring (bicyclic) bond motifs is 1. The first-order chi connectivity index (χ1) is 15.9. The van der Waals surface area contributed by atoms with Crippen LogP contribution in [0.5, 0.6) is 0 Å². The second-order valence-electron chi connectivity index (χ2n) is 8.95. The van der Waals surface area contributed by atoms with Gasteiger partial charge >= 0.3 is 0 Å². The Hall–Kier alpha value is -3.48. The SMILES string of the molecule is CCc1ccc(-c2noc(-c3cn(C)c4cc(N5CCC(C)CC5)c(F)cc4c3=O)n2)cc1. The quantitative estimate of drug-likeness (QED) is 0.432. The first kappa shape index (κ1) is 21.4. The maximum absolute atomic E-state index is 15.1. The number of piperidine rings is 1. The van der Waals surface area contributed by atoms with Crippen molar-refractivity contribution in [1.82, 2.24) is 14.7 Å². The minimum absolute atomic E-state index is 0.126. The van der Waals surface area contributed by atoms with E-state index in [0.717, 1.165) is 37.9 Å². The Morgan fingerprint density at radius 3 is 2.58 bits per heavy atom. The zero-order chi connectivity index (χ0) is 23.1. The van der Waals surface area contributed by atoms with E-state index in [1.54, 1.807) is 12.3 Å². The number of halogens is 1. The van der Waals surface area contributed by atoms with Gasteiger partial charge in [-0.1, -0.05) is 43.3 Å². The van der Waals surface area contributed by atoms with Crippen molar-refractivity contribution in [3.63, 3.8) is 0 Å². The smallest absolute Gasteiger partial charge is 0.263 e. The highest BCUT2D eigenvalue weighted by atomic mass is 19.1. The summed E-state index contributed by atoms with van der Waals surface area (Å²) in [5.41, 5.74) is 3.18. The minimum atomic E-state index is -0.381. The van der Waals surface area contributed by atoms with Gasteiger partial charge in [0.15, 0.2) is 0 Å². The molecule has 33 heavy (non-hydrogen) atoms. The Morgan fingerprint density at radius 1 is 1.15 bits per heavy atom.